The Morgan fingerprint density at radius 3 is 2.81 bits per heavy atom. The minimum atomic E-state index is -3.27. The van der Waals surface area contributed by atoms with Crippen molar-refractivity contribution in [1.29, 1.82) is 0 Å². The second-order valence-electron chi connectivity index (χ2n) is 4.42. The van der Waals surface area contributed by atoms with E-state index < -0.39 is 15.3 Å². The van der Waals surface area contributed by atoms with E-state index >= 15 is 0 Å². The first-order valence-corrected chi connectivity index (χ1v) is 7.25. The molecule has 0 amide bonds. The number of rotatable bonds is 5. The summed E-state index contributed by atoms with van der Waals surface area (Å²) in [6, 6.07) is 0.191. The molecule has 0 bridgehead atoms. The molecule has 1 saturated heterocycles. The molecule has 96 valence electrons. The van der Waals surface area contributed by atoms with Crippen LogP contribution in [0.5, 0.6) is 0 Å². The van der Waals surface area contributed by atoms with Gasteiger partial charge in [0.2, 0.25) is 10.0 Å². The van der Waals surface area contributed by atoms with Crippen LogP contribution in [0.4, 0.5) is 0 Å². The van der Waals surface area contributed by atoms with Crippen LogP contribution in [0.1, 0.15) is 26.7 Å². The fraction of sp³-hybridized carbons (Fsp3) is 1.00. The summed E-state index contributed by atoms with van der Waals surface area (Å²) in [5.74, 6) is 0. The molecule has 0 aromatic heterocycles. The SMILES string of the molecule is COCC(C)S(=O)(=O)NC1CCCNC1C. The van der Waals surface area contributed by atoms with Crippen molar-refractivity contribution in [3.63, 3.8) is 0 Å². The van der Waals surface area contributed by atoms with Gasteiger partial charge in [-0.15, -0.1) is 0 Å². The van der Waals surface area contributed by atoms with Crippen LogP contribution >= 0.6 is 0 Å². The summed E-state index contributed by atoms with van der Waals surface area (Å²) in [5, 5.41) is 2.76. The average molecular weight is 250 g/mol. The van der Waals surface area contributed by atoms with Gasteiger partial charge in [-0.05, 0) is 33.2 Å². The molecule has 1 heterocycles. The highest BCUT2D eigenvalue weighted by Gasteiger charge is 2.28. The van der Waals surface area contributed by atoms with Gasteiger partial charge in [0.1, 0.15) is 0 Å². The summed E-state index contributed by atoms with van der Waals surface area (Å²) in [6.45, 7) is 4.86. The molecule has 16 heavy (non-hydrogen) atoms. The van der Waals surface area contributed by atoms with Crippen molar-refractivity contribution >= 4 is 10.0 Å². The molecule has 6 heteroatoms. The van der Waals surface area contributed by atoms with Crippen molar-refractivity contribution < 1.29 is 13.2 Å². The first kappa shape index (κ1) is 13.9. The zero-order chi connectivity index (χ0) is 12.2. The van der Waals surface area contributed by atoms with Gasteiger partial charge in [-0.3, -0.25) is 0 Å². The molecule has 0 aromatic carbocycles. The van der Waals surface area contributed by atoms with Gasteiger partial charge in [-0.25, -0.2) is 13.1 Å². The van der Waals surface area contributed by atoms with E-state index in [0.717, 1.165) is 19.4 Å². The largest absolute Gasteiger partial charge is 0.383 e. The summed E-state index contributed by atoms with van der Waals surface area (Å²) < 4.78 is 31.5. The first-order chi connectivity index (χ1) is 7.47. The van der Waals surface area contributed by atoms with E-state index in [-0.39, 0.29) is 18.7 Å². The van der Waals surface area contributed by atoms with E-state index in [4.69, 9.17) is 4.74 Å². The summed E-state index contributed by atoms with van der Waals surface area (Å²) in [7, 11) is -1.76. The van der Waals surface area contributed by atoms with Crippen molar-refractivity contribution in [3.05, 3.63) is 0 Å². The quantitative estimate of drug-likeness (QED) is 0.725. The van der Waals surface area contributed by atoms with Crippen LogP contribution in [-0.4, -0.2) is 46.0 Å². The minimum absolute atomic E-state index is 0.00180. The second kappa shape index (κ2) is 5.95. The van der Waals surface area contributed by atoms with Crippen molar-refractivity contribution in [2.24, 2.45) is 0 Å². The lowest BCUT2D eigenvalue weighted by Crippen LogP contribution is -2.53. The average Bonchev–Trinajstić information content (AvgIpc) is 2.21. The predicted molar refractivity (Wildman–Crippen MR) is 63.9 cm³/mol. The highest BCUT2D eigenvalue weighted by atomic mass is 32.2. The van der Waals surface area contributed by atoms with E-state index in [1.807, 2.05) is 6.92 Å². The number of ether oxygens (including phenoxy) is 1. The van der Waals surface area contributed by atoms with Crippen LogP contribution in [-0.2, 0) is 14.8 Å². The highest BCUT2D eigenvalue weighted by Crippen LogP contribution is 2.11. The minimum Gasteiger partial charge on any atom is -0.383 e. The zero-order valence-electron chi connectivity index (χ0n) is 10.2. The molecule has 3 unspecified atom stereocenters. The number of sulfonamides is 1. The van der Waals surface area contributed by atoms with E-state index in [1.54, 1.807) is 6.92 Å². The zero-order valence-corrected chi connectivity index (χ0v) is 11.0. The van der Waals surface area contributed by atoms with Crippen LogP contribution < -0.4 is 10.0 Å². The van der Waals surface area contributed by atoms with E-state index in [0.29, 0.717) is 0 Å². The summed E-state index contributed by atoms with van der Waals surface area (Å²) >= 11 is 0. The second-order valence-corrected chi connectivity index (χ2v) is 6.55. The molecular formula is C10H22N2O3S. The van der Waals surface area contributed by atoms with Crippen molar-refractivity contribution in [2.75, 3.05) is 20.3 Å². The molecule has 0 aromatic rings. The topological polar surface area (TPSA) is 67.4 Å². The number of hydrogen-bond donors (Lipinski definition) is 2. The Balaban J connectivity index is 2.57. The fourth-order valence-corrected chi connectivity index (χ4v) is 3.15. The van der Waals surface area contributed by atoms with Crippen molar-refractivity contribution in [2.45, 2.75) is 44.0 Å². The maximum Gasteiger partial charge on any atom is 0.216 e. The van der Waals surface area contributed by atoms with Crippen LogP contribution in [0.2, 0.25) is 0 Å². The molecular weight excluding hydrogens is 228 g/mol. The van der Waals surface area contributed by atoms with Crippen molar-refractivity contribution in [1.82, 2.24) is 10.0 Å². The Bertz CT molecular complexity index is 305. The molecule has 1 fully saturated rings. The maximum absolute atomic E-state index is 11.9. The monoisotopic (exact) mass is 250 g/mol. The molecule has 3 atom stereocenters. The molecule has 0 spiro atoms. The number of piperidine rings is 1. The Hall–Kier alpha value is -0.170. The van der Waals surface area contributed by atoms with Crippen LogP contribution in [0.15, 0.2) is 0 Å². The molecule has 1 aliphatic rings. The molecule has 1 aliphatic heterocycles. The Morgan fingerprint density at radius 2 is 2.25 bits per heavy atom. The molecule has 0 aliphatic carbocycles. The predicted octanol–water partition coefficient (Wildman–Crippen LogP) is 0.0812. The normalized spacial score (nSPS) is 28.9. The van der Waals surface area contributed by atoms with Gasteiger partial charge >= 0.3 is 0 Å². The van der Waals surface area contributed by atoms with E-state index in [9.17, 15) is 8.42 Å². The lowest BCUT2D eigenvalue weighted by atomic mass is 10.0. The van der Waals surface area contributed by atoms with E-state index in [2.05, 4.69) is 10.0 Å². The summed E-state index contributed by atoms with van der Waals surface area (Å²) in [6.07, 6.45) is 1.91. The third kappa shape index (κ3) is 3.69. The molecule has 0 saturated carbocycles. The first-order valence-electron chi connectivity index (χ1n) is 5.71. The van der Waals surface area contributed by atoms with Crippen LogP contribution in [0.25, 0.3) is 0 Å². The fourth-order valence-electron chi connectivity index (χ4n) is 1.86. The third-order valence-electron chi connectivity index (χ3n) is 3.01. The molecule has 5 nitrogen and oxygen atoms in total. The van der Waals surface area contributed by atoms with Gasteiger partial charge in [0, 0.05) is 19.2 Å². The lowest BCUT2D eigenvalue weighted by Gasteiger charge is -2.31. The number of hydrogen-bond acceptors (Lipinski definition) is 4. The van der Waals surface area contributed by atoms with Gasteiger partial charge in [0.05, 0.1) is 11.9 Å². The lowest BCUT2D eigenvalue weighted by molar-refractivity contribution is 0.199. The molecule has 2 N–H and O–H groups in total. The smallest absolute Gasteiger partial charge is 0.216 e. The Kier molecular flexibility index (Phi) is 5.17. The van der Waals surface area contributed by atoms with Gasteiger partial charge in [0.25, 0.3) is 0 Å². The molecule has 0 radical (unpaired) electrons. The molecule has 1 rings (SSSR count). The summed E-state index contributed by atoms with van der Waals surface area (Å²) in [4.78, 5) is 0. The van der Waals surface area contributed by atoms with Crippen molar-refractivity contribution in [3.8, 4) is 0 Å². The van der Waals surface area contributed by atoms with E-state index in [1.165, 1.54) is 7.11 Å². The number of nitrogens with one attached hydrogen (secondary N) is 2. The van der Waals surface area contributed by atoms with Gasteiger partial charge in [0.15, 0.2) is 0 Å². The van der Waals surface area contributed by atoms with Gasteiger partial charge in [-0.2, -0.15) is 0 Å². The maximum atomic E-state index is 11.9. The standard InChI is InChI=1S/C10H22N2O3S/c1-8(7-15-3)16(13,14)12-10-5-4-6-11-9(10)2/h8-12H,4-7H2,1-3H3. The van der Waals surface area contributed by atoms with Crippen LogP contribution in [0, 0.1) is 0 Å². The summed E-state index contributed by atoms with van der Waals surface area (Å²) in [5.41, 5.74) is 0. The Morgan fingerprint density at radius 1 is 1.56 bits per heavy atom. The van der Waals surface area contributed by atoms with Gasteiger partial charge in [-0.1, -0.05) is 0 Å². The number of methoxy groups -OCH3 is 1. The third-order valence-corrected chi connectivity index (χ3v) is 4.84. The van der Waals surface area contributed by atoms with Gasteiger partial charge < -0.3 is 10.1 Å². The highest BCUT2D eigenvalue weighted by molar-refractivity contribution is 7.90. The van der Waals surface area contributed by atoms with Crippen LogP contribution in [0.3, 0.4) is 0 Å². The Labute approximate surface area is 98.0 Å².